The number of hydrogen-bond donors (Lipinski definition) is 1. The molecule has 0 aliphatic heterocycles. The van der Waals surface area contributed by atoms with Gasteiger partial charge in [-0.2, -0.15) is 0 Å². The van der Waals surface area contributed by atoms with Crippen LogP contribution < -0.4 is 24.5 Å². The van der Waals surface area contributed by atoms with Crippen molar-refractivity contribution in [2.24, 2.45) is 0 Å². The molecule has 0 atom stereocenters. The average Bonchev–Trinajstić information content (AvgIpc) is 2.79. The normalized spacial score (nSPS) is 11.2. The summed E-state index contributed by atoms with van der Waals surface area (Å²) in [6.07, 6.45) is 1.39. The molecule has 0 aliphatic carbocycles. The van der Waals surface area contributed by atoms with Crippen LogP contribution >= 0.6 is 0 Å². The van der Waals surface area contributed by atoms with Crippen LogP contribution in [0.15, 0.2) is 64.5 Å². The maximum absolute atomic E-state index is 12.6. The number of benzene rings is 2. The molecule has 31 heavy (non-hydrogen) atoms. The highest BCUT2D eigenvalue weighted by atomic mass is 32.2. The monoisotopic (exact) mass is 445 g/mol. The van der Waals surface area contributed by atoms with Gasteiger partial charge in [0.1, 0.15) is 22.1 Å². The van der Waals surface area contributed by atoms with Gasteiger partial charge in [-0.15, -0.1) is 0 Å². The van der Waals surface area contributed by atoms with Crippen molar-refractivity contribution in [3.8, 4) is 28.5 Å². The zero-order chi connectivity index (χ0) is 22.4. The van der Waals surface area contributed by atoms with Crippen LogP contribution in [0.25, 0.3) is 11.3 Å². The molecule has 1 heterocycles. The second kappa shape index (κ2) is 9.63. The topological polar surface area (TPSA) is 109 Å². The predicted molar refractivity (Wildman–Crippen MR) is 115 cm³/mol. The zero-order valence-corrected chi connectivity index (χ0v) is 18.2. The first-order valence-corrected chi connectivity index (χ1v) is 10.8. The summed E-state index contributed by atoms with van der Waals surface area (Å²) in [4.78, 5) is 16.7. The molecule has 3 rings (SSSR count). The third-order valence-corrected chi connectivity index (χ3v) is 6.07. The number of rotatable bonds is 9. The quantitative estimate of drug-likeness (QED) is 0.536. The van der Waals surface area contributed by atoms with E-state index in [4.69, 9.17) is 14.2 Å². The van der Waals surface area contributed by atoms with E-state index in [0.717, 1.165) is 5.56 Å². The Bertz CT molecular complexity index is 1210. The van der Waals surface area contributed by atoms with Crippen LogP contribution in [0.4, 0.5) is 0 Å². The van der Waals surface area contributed by atoms with Crippen LogP contribution in [0.1, 0.15) is 0 Å². The first-order valence-electron chi connectivity index (χ1n) is 9.30. The van der Waals surface area contributed by atoms with Crippen LogP contribution in [0.3, 0.4) is 0 Å². The molecule has 0 bridgehead atoms. The van der Waals surface area contributed by atoms with E-state index in [2.05, 4.69) is 9.71 Å². The maximum atomic E-state index is 12.6. The number of hydrogen-bond acceptors (Lipinski definition) is 7. The molecule has 0 unspecified atom stereocenters. The molecule has 0 radical (unpaired) electrons. The summed E-state index contributed by atoms with van der Waals surface area (Å²) < 4.78 is 44.4. The number of methoxy groups -OCH3 is 3. The number of sulfonamides is 1. The molecule has 3 aromatic rings. The smallest absolute Gasteiger partial charge is 0.253 e. The van der Waals surface area contributed by atoms with Gasteiger partial charge in [0.05, 0.1) is 33.4 Å². The molecule has 9 nitrogen and oxygen atoms in total. The first-order chi connectivity index (χ1) is 14.9. The summed E-state index contributed by atoms with van der Waals surface area (Å²) in [6, 6.07) is 13.0. The summed E-state index contributed by atoms with van der Waals surface area (Å²) in [6.45, 7) is 0.118. The highest BCUT2D eigenvalue weighted by Crippen LogP contribution is 2.28. The largest absolute Gasteiger partial charge is 0.497 e. The van der Waals surface area contributed by atoms with Gasteiger partial charge in [0.25, 0.3) is 5.56 Å². The highest BCUT2D eigenvalue weighted by Gasteiger charge is 2.19. The van der Waals surface area contributed by atoms with Crippen molar-refractivity contribution >= 4 is 10.0 Å². The Morgan fingerprint density at radius 3 is 2.23 bits per heavy atom. The van der Waals surface area contributed by atoms with Crippen molar-refractivity contribution in [1.82, 2.24) is 14.3 Å². The first kappa shape index (κ1) is 22.3. The molecule has 1 N–H and O–H groups in total. The molecule has 1 aromatic heterocycles. The Kier molecular flexibility index (Phi) is 6.93. The molecule has 164 valence electrons. The summed E-state index contributed by atoms with van der Waals surface area (Å²) in [5.74, 6) is 1.35. The fraction of sp³-hybridized carbons (Fsp3) is 0.238. The number of aromatic nitrogens is 2. The fourth-order valence-electron chi connectivity index (χ4n) is 2.89. The summed E-state index contributed by atoms with van der Waals surface area (Å²) in [5, 5.41) is 0. The molecule has 10 heteroatoms. The van der Waals surface area contributed by atoms with Gasteiger partial charge in [0.15, 0.2) is 0 Å². The van der Waals surface area contributed by atoms with E-state index in [0.29, 0.717) is 17.2 Å². The van der Waals surface area contributed by atoms with E-state index < -0.39 is 10.0 Å². The van der Waals surface area contributed by atoms with Crippen molar-refractivity contribution in [1.29, 1.82) is 0 Å². The van der Waals surface area contributed by atoms with Crippen LogP contribution in [0, 0.1) is 0 Å². The van der Waals surface area contributed by atoms with Crippen LogP contribution in [0.5, 0.6) is 17.2 Å². The molecular weight excluding hydrogens is 422 g/mol. The van der Waals surface area contributed by atoms with E-state index in [1.54, 1.807) is 31.4 Å². The SMILES string of the molecule is COc1ccc(-c2cc(=O)n(CCNS(=O)(=O)c3ccc(OC)cc3OC)cn2)cc1. The van der Waals surface area contributed by atoms with E-state index >= 15 is 0 Å². The van der Waals surface area contributed by atoms with E-state index in [1.165, 1.54) is 49.4 Å². The predicted octanol–water partition coefficient (Wildman–Crippen LogP) is 1.91. The molecule has 2 aromatic carbocycles. The van der Waals surface area contributed by atoms with Crippen molar-refractivity contribution in [3.05, 3.63) is 65.2 Å². The average molecular weight is 445 g/mol. The molecule has 0 amide bonds. The van der Waals surface area contributed by atoms with Crippen LogP contribution in [-0.4, -0.2) is 45.8 Å². The third-order valence-electron chi connectivity index (χ3n) is 4.57. The van der Waals surface area contributed by atoms with Crippen LogP contribution in [0.2, 0.25) is 0 Å². The van der Waals surface area contributed by atoms with Gasteiger partial charge in [0.2, 0.25) is 10.0 Å². The summed E-state index contributed by atoms with van der Waals surface area (Å²) in [5.41, 5.74) is 1.01. The fourth-order valence-corrected chi connectivity index (χ4v) is 4.06. The minimum Gasteiger partial charge on any atom is -0.497 e. The van der Waals surface area contributed by atoms with Crippen molar-refractivity contribution in [2.75, 3.05) is 27.9 Å². The van der Waals surface area contributed by atoms with Gasteiger partial charge in [-0.25, -0.2) is 18.1 Å². The van der Waals surface area contributed by atoms with Gasteiger partial charge in [-0.1, -0.05) is 0 Å². The Balaban J connectivity index is 1.69. The Morgan fingerprint density at radius 2 is 1.61 bits per heavy atom. The highest BCUT2D eigenvalue weighted by molar-refractivity contribution is 7.89. The summed E-state index contributed by atoms with van der Waals surface area (Å²) >= 11 is 0. The lowest BCUT2D eigenvalue weighted by Gasteiger charge is -2.12. The molecule has 0 fully saturated rings. The molecule has 0 spiro atoms. The second-order valence-electron chi connectivity index (χ2n) is 6.45. The Hall–Kier alpha value is -3.37. The Morgan fingerprint density at radius 1 is 0.935 bits per heavy atom. The summed E-state index contributed by atoms with van der Waals surface area (Å²) in [7, 11) is 0.587. The van der Waals surface area contributed by atoms with Crippen molar-refractivity contribution in [3.63, 3.8) is 0 Å². The van der Waals surface area contributed by atoms with Crippen molar-refractivity contribution < 1.29 is 22.6 Å². The van der Waals surface area contributed by atoms with E-state index in [-0.39, 0.29) is 29.3 Å². The van der Waals surface area contributed by atoms with Gasteiger partial charge < -0.3 is 14.2 Å². The van der Waals surface area contributed by atoms with Crippen LogP contribution in [-0.2, 0) is 16.6 Å². The number of nitrogens with zero attached hydrogens (tertiary/aromatic N) is 2. The standard InChI is InChI=1S/C21H23N3O6S/c1-28-16-6-4-15(5-7-16)18-13-21(25)24(14-22-18)11-10-23-31(26,27)20-9-8-17(29-2)12-19(20)30-3/h4-9,12-14,23H,10-11H2,1-3H3. The van der Waals surface area contributed by atoms with Crippen molar-refractivity contribution in [2.45, 2.75) is 11.4 Å². The third kappa shape index (κ3) is 5.22. The van der Waals surface area contributed by atoms with E-state index in [9.17, 15) is 13.2 Å². The lowest BCUT2D eigenvalue weighted by atomic mass is 10.1. The van der Waals surface area contributed by atoms with Gasteiger partial charge in [0, 0.05) is 30.8 Å². The molecular formula is C21H23N3O6S. The van der Waals surface area contributed by atoms with Gasteiger partial charge in [-0.05, 0) is 36.4 Å². The lowest BCUT2D eigenvalue weighted by Crippen LogP contribution is -2.31. The number of ether oxygens (including phenoxy) is 3. The minimum atomic E-state index is -3.85. The molecule has 0 saturated heterocycles. The second-order valence-corrected chi connectivity index (χ2v) is 8.18. The van der Waals surface area contributed by atoms with E-state index in [1.807, 2.05) is 0 Å². The molecule has 0 saturated carbocycles. The lowest BCUT2D eigenvalue weighted by molar-refractivity contribution is 0.386. The maximum Gasteiger partial charge on any atom is 0.253 e. The molecule has 0 aliphatic rings. The Labute approximate surface area is 180 Å². The van der Waals surface area contributed by atoms with Gasteiger partial charge in [-0.3, -0.25) is 9.36 Å². The minimum absolute atomic E-state index is 0.000978. The zero-order valence-electron chi connectivity index (χ0n) is 17.4. The number of nitrogens with one attached hydrogen (secondary N) is 1. The van der Waals surface area contributed by atoms with Gasteiger partial charge >= 0.3 is 0 Å².